The number of rotatable bonds is 4. The van der Waals surface area contributed by atoms with Gasteiger partial charge in [0.25, 0.3) is 5.91 Å². The van der Waals surface area contributed by atoms with E-state index in [9.17, 15) is 22.8 Å². The number of methoxy groups -OCH3 is 1. The standard InChI is InChI=1S/C20H17Cl3F3N3O3/c1-32-17-13(8-12(22)9-14(17)23)18(30)27-15-10-11(21)2-3-16(15)28-4-6-29(7-5-28)19(31)20(24,25)26/h2-3,8-10H,4-7H2,1H3,(H,27,30). The fourth-order valence-electron chi connectivity index (χ4n) is 3.34. The Hall–Kier alpha value is -2.36. The van der Waals surface area contributed by atoms with Crippen molar-refractivity contribution in [1.82, 2.24) is 4.90 Å². The van der Waals surface area contributed by atoms with Crippen LogP contribution in [0.25, 0.3) is 0 Å². The molecule has 0 atom stereocenters. The van der Waals surface area contributed by atoms with Crippen molar-refractivity contribution < 1.29 is 27.5 Å². The molecule has 0 saturated carbocycles. The first-order chi connectivity index (χ1) is 15.0. The molecule has 0 radical (unpaired) electrons. The lowest BCUT2D eigenvalue weighted by atomic mass is 10.1. The largest absolute Gasteiger partial charge is 0.494 e. The predicted molar refractivity (Wildman–Crippen MR) is 117 cm³/mol. The average Bonchev–Trinajstić information content (AvgIpc) is 2.72. The Kier molecular flexibility index (Phi) is 7.32. The van der Waals surface area contributed by atoms with Crippen molar-refractivity contribution in [2.24, 2.45) is 0 Å². The second-order valence-corrected chi connectivity index (χ2v) is 8.14. The zero-order valence-electron chi connectivity index (χ0n) is 16.6. The van der Waals surface area contributed by atoms with E-state index in [1.807, 2.05) is 0 Å². The van der Waals surface area contributed by atoms with Gasteiger partial charge in [-0.2, -0.15) is 13.2 Å². The van der Waals surface area contributed by atoms with E-state index >= 15 is 0 Å². The molecule has 1 aliphatic heterocycles. The highest BCUT2D eigenvalue weighted by Crippen LogP contribution is 2.35. The molecule has 0 aromatic heterocycles. The lowest BCUT2D eigenvalue weighted by Gasteiger charge is -2.37. The number of halogens is 6. The first kappa shape index (κ1) is 24.3. The maximum atomic E-state index is 12.9. The summed E-state index contributed by atoms with van der Waals surface area (Å²) in [5.74, 6) is -2.30. The molecule has 0 bridgehead atoms. The Morgan fingerprint density at radius 2 is 1.66 bits per heavy atom. The van der Waals surface area contributed by atoms with Crippen LogP contribution in [0.5, 0.6) is 5.75 Å². The molecule has 0 aliphatic carbocycles. The van der Waals surface area contributed by atoms with Crippen LogP contribution in [0, 0.1) is 0 Å². The minimum atomic E-state index is -4.92. The van der Waals surface area contributed by atoms with Gasteiger partial charge in [-0.05, 0) is 30.3 Å². The molecule has 1 heterocycles. The van der Waals surface area contributed by atoms with Crippen molar-refractivity contribution in [3.63, 3.8) is 0 Å². The average molecular weight is 511 g/mol. The summed E-state index contributed by atoms with van der Waals surface area (Å²) in [5, 5.41) is 3.46. The Morgan fingerprint density at radius 3 is 2.25 bits per heavy atom. The summed E-state index contributed by atoms with van der Waals surface area (Å²) in [7, 11) is 1.36. The molecule has 1 aliphatic rings. The SMILES string of the molecule is COc1c(Cl)cc(Cl)cc1C(=O)Nc1cc(Cl)ccc1N1CCN(C(=O)C(F)(F)F)CC1. The van der Waals surface area contributed by atoms with Crippen LogP contribution in [0.3, 0.4) is 0 Å². The summed E-state index contributed by atoms with van der Waals surface area (Å²) in [4.78, 5) is 26.9. The summed E-state index contributed by atoms with van der Waals surface area (Å²) >= 11 is 18.2. The van der Waals surface area contributed by atoms with E-state index in [0.717, 1.165) is 4.90 Å². The third-order valence-electron chi connectivity index (χ3n) is 4.81. The summed E-state index contributed by atoms with van der Waals surface area (Å²) < 4.78 is 43.3. The van der Waals surface area contributed by atoms with E-state index in [-0.39, 0.29) is 47.5 Å². The number of nitrogens with one attached hydrogen (secondary N) is 1. The number of piperazine rings is 1. The van der Waals surface area contributed by atoms with Gasteiger partial charge in [-0.15, -0.1) is 0 Å². The molecule has 0 unspecified atom stereocenters. The number of carbonyl (C=O) groups is 2. The van der Waals surface area contributed by atoms with Crippen molar-refractivity contribution >= 4 is 58.0 Å². The lowest BCUT2D eigenvalue weighted by molar-refractivity contribution is -0.185. The second kappa shape index (κ2) is 9.64. The Bertz CT molecular complexity index is 1040. The molecule has 172 valence electrons. The Morgan fingerprint density at radius 1 is 1.00 bits per heavy atom. The molecule has 2 aromatic carbocycles. The highest BCUT2D eigenvalue weighted by atomic mass is 35.5. The van der Waals surface area contributed by atoms with E-state index in [1.54, 1.807) is 17.0 Å². The number of hydrogen-bond donors (Lipinski definition) is 1. The molecule has 2 amide bonds. The number of benzene rings is 2. The molecule has 6 nitrogen and oxygen atoms in total. The van der Waals surface area contributed by atoms with Gasteiger partial charge in [0.1, 0.15) is 5.75 Å². The van der Waals surface area contributed by atoms with Gasteiger partial charge in [-0.25, -0.2) is 0 Å². The zero-order valence-corrected chi connectivity index (χ0v) is 18.9. The summed E-state index contributed by atoms with van der Waals surface area (Å²) in [6.07, 6.45) is -4.92. The number of anilines is 2. The third kappa shape index (κ3) is 5.33. The monoisotopic (exact) mass is 509 g/mol. The maximum Gasteiger partial charge on any atom is 0.471 e. The number of alkyl halides is 3. The van der Waals surface area contributed by atoms with Gasteiger partial charge in [0.2, 0.25) is 0 Å². The Balaban J connectivity index is 1.83. The van der Waals surface area contributed by atoms with Crippen LogP contribution in [0.2, 0.25) is 15.1 Å². The van der Waals surface area contributed by atoms with Crippen LogP contribution in [0.1, 0.15) is 10.4 Å². The normalized spacial score (nSPS) is 14.3. The minimum Gasteiger partial charge on any atom is -0.494 e. The number of hydrogen-bond acceptors (Lipinski definition) is 4. The van der Waals surface area contributed by atoms with Crippen LogP contribution in [-0.4, -0.2) is 56.2 Å². The third-order valence-corrected chi connectivity index (χ3v) is 5.55. The second-order valence-electron chi connectivity index (χ2n) is 6.86. The van der Waals surface area contributed by atoms with Gasteiger partial charge < -0.3 is 19.9 Å². The van der Waals surface area contributed by atoms with Gasteiger partial charge in [-0.1, -0.05) is 34.8 Å². The van der Waals surface area contributed by atoms with Crippen molar-refractivity contribution in [1.29, 1.82) is 0 Å². The van der Waals surface area contributed by atoms with Crippen molar-refractivity contribution in [2.45, 2.75) is 6.18 Å². The summed E-state index contributed by atoms with van der Waals surface area (Å²) in [6, 6.07) is 7.58. The Labute approximate surface area is 196 Å². The van der Waals surface area contributed by atoms with Crippen molar-refractivity contribution in [3.05, 3.63) is 51.0 Å². The smallest absolute Gasteiger partial charge is 0.471 e. The fourth-order valence-corrected chi connectivity index (χ4v) is 4.08. The summed E-state index contributed by atoms with van der Waals surface area (Å²) in [6.45, 7) is 0.0371. The number of ether oxygens (including phenoxy) is 1. The van der Waals surface area contributed by atoms with Gasteiger partial charge in [0.05, 0.1) is 29.1 Å². The van der Waals surface area contributed by atoms with E-state index in [1.165, 1.54) is 25.3 Å². The molecule has 1 N–H and O–H groups in total. The molecule has 32 heavy (non-hydrogen) atoms. The highest BCUT2D eigenvalue weighted by molar-refractivity contribution is 6.36. The first-order valence-electron chi connectivity index (χ1n) is 9.26. The van der Waals surface area contributed by atoms with Crippen molar-refractivity contribution in [2.75, 3.05) is 43.5 Å². The van der Waals surface area contributed by atoms with Gasteiger partial charge >= 0.3 is 12.1 Å². The molecule has 2 aromatic rings. The molecular weight excluding hydrogens is 494 g/mol. The van der Waals surface area contributed by atoms with Gasteiger partial charge in [0, 0.05) is 36.2 Å². The molecule has 1 fully saturated rings. The van der Waals surface area contributed by atoms with E-state index in [4.69, 9.17) is 39.5 Å². The molecule has 12 heteroatoms. The van der Waals surface area contributed by atoms with Gasteiger partial charge in [0.15, 0.2) is 0 Å². The number of carbonyl (C=O) groups excluding carboxylic acids is 2. The minimum absolute atomic E-state index is 0.0940. The topological polar surface area (TPSA) is 61.9 Å². The number of nitrogens with zero attached hydrogens (tertiary/aromatic N) is 2. The van der Waals surface area contributed by atoms with E-state index in [0.29, 0.717) is 16.4 Å². The quantitative estimate of drug-likeness (QED) is 0.620. The van der Waals surface area contributed by atoms with Crippen molar-refractivity contribution in [3.8, 4) is 5.75 Å². The van der Waals surface area contributed by atoms with Gasteiger partial charge in [-0.3, -0.25) is 9.59 Å². The highest BCUT2D eigenvalue weighted by Gasteiger charge is 2.43. The lowest BCUT2D eigenvalue weighted by Crippen LogP contribution is -2.52. The van der Waals surface area contributed by atoms with E-state index < -0.39 is 18.0 Å². The van der Waals surface area contributed by atoms with E-state index in [2.05, 4.69) is 5.32 Å². The zero-order chi connectivity index (χ0) is 23.6. The molecule has 3 rings (SSSR count). The molecular formula is C20H17Cl3F3N3O3. The predicted octanol–water partition coefficient (Wildman–Crippen LogP) is 5.12. The van der Waals surface area contributed by atoms with Crippen LogP contribution >= 0.6 is 34.8 Å². The molecule has 1 saturated heterocycles. The van der Waals surface area contributed by atoms with Crippen LogP contribution < -0.4 is 15.0 Å². The van der Waals surface area contributed by atoms with Crippen LogP contribution in [0.4, 0.5) is 24.5 Å². The molecule has 0 spiro atoms. The number of amides is 2. The first-order valence-corrected chi connectivity index (χ1v) is 10.4. The summed E-state index contributed by atoms with van der Waals surface area (Å²) in [5.41, 5.74) is 0.960. The van der Waals surface area contributed by atoms with Crippen LogP contribution in [0.15, 0.2) is 30.3 Å². The van der Waals surface area contributed by atoms with Crippen LogP contribution in [-0.2, 0) is 4.79 Å². The fraction of sp³-hybridized carbons (Fsp3) is 0.300. The maximum absolute atomic E-state index is 12.9.